The van der Waals surface area contributed by atoms with Crippen LogP contribution in [0, 0.1) is 5.41 Å². The van der Waals surface area contributed by atoms with Crippen LogP contribution in [0.25, 0.3) is 0 Å². The molecule has 1 rings (SSSR count). The predicted molar refractivity (Wildman–Crippen MR) is 58.0 cm³/mol. The van der Waals surface area contributed by atoms with Gasteiger partial charge in [-0.05, 0) is 18.3 Å². The average Bonchev–Trinajstić information content (AvgIpc) is 2.52. The predicted octanol–water partition coefficient (Wildman–Crippen LogP) is 2.19. The molecule has 15 heavy (non-hydrogen) atoms. The molecular weight excluding hydrogens is 194 g/mol. The van der Waals surface area contributed by atoms with Crippen LogP contribution in [0.5, 0.6) is 0 Å². The molecule has 1 heterocycles. The Labute approximate surface area is 91.2 Å². The molecule has 4 heteroatoms. The van der Waals surface area contributed by atoms with Gasteiger partial charge in [0.05, 0.1) is 12.6 Å². The van der Waals surface area contributed by atoms with Gasteiger partial charge in [0.15, 0.2) is 0 Å². The summed E-state index contributed by atoms with van der Waals surface area (Å²) in [5, 5.41) is 9.07. The van der Waals surface area contributed by atoms with Crippen LogP contribution in [0.1, 0.15) is 33.6 Å². The number of hydrogen-bond donors (Lipinski definition) is 1. The van der Waals surface area contributed by atoms with Crippen molar-refractivity contribution in [3.63, 3.8) is 0 Å². The number of rotatable bonds is 3. The molecule has 0 aromatic heterocycles. The molecule has 1 amide bonds. The third-order valence-electron chi connectivity index (χ3n) is 2.38. The number of hydrogen-bond acceptors (Lipinski definition) is 2. The van der Waals surface area contributed by atoms with Crippen LogP contribution < -0.4 is 0 Å². The fourth-order valence-corrected chi connectivity index (χ4v) is 1.82. The molecule has 0 bridgehead atoms. The molecule has 88 valence electrons. The molecule has 4 nitrogen and oxygen atoms in total. The Kier molecular flexibility index (Phi) is 3.97. The van der Waals surface area contributed by atoms with Gasteiger partial charge in [-0.3, -0.25) is 0 Å². The second-order valence-electron chi connectivity index (χ2n) is 5.36. The highest BCUT2D eigenvalue weighted by atomic mass is 16.5. The molecule has 0 aromatic rings. The van der Waals surface area contributed by atoms with E-state index in [0.29, 0.717) is 13.1 Å². The molecule has 1 N–H and O–H groups in total. The fourth-order valence-electron chi connectivity index (χ4n) is 1.82. The van der Waals surface area contributed by atoms with Crippen molar-refractivity contribution in [3.05, 3.63) is 0 Å². The number of amides is 1. The van der Waals surface area contributed by atoms with Crippen LogP contribution in [0.4, 0.5) is 4.79 Å². The lowest BCUT2D eigenvalue weighted by Crippen LogP contribution is -2.41. The Bertz CT molecular complexity index is 216. The minimum atomic E-state index is -0.847. The summed E-state index contributed by atoms with van der Waals surface area (Å²) < 4.78 is 5.44. The van der Waals surface area contributed by atoms with E-state index >= 15 is 0 Å². The minimum Gasteiger partial charge on any atom is -0.465 e. The van der Waals surface area contributed by atoms with Crippen molar-refractivity contribution in [2.75, 3.05) is 19.7 Å². The quantitative estimate of drug-likeness (QED) is 0.785. The van der Waals surface area contributed by atoms with Gasteiger partial charge in [-0.25, -0.2) is 4.79 Å². The zero-order valence-electron chi connectivity index (χ0n) is 9.82. The molecule has 1 aliphatic heterocycles. The summed E-state index contributed by atoms with van der Waals surface area (Å²) >= 11 is 0. The van der Waals surface area contributed by atoms with Gasteiger partial charge in [-0.1, -0.05) is 20.8 Å². The fraction of sp³-hybridized carbons (Fsp3) is 0.909. The van der Waals surface area contributed by atoms with Crippen LogP contribution in [0.15, 0.2) is 0 Å². The largest absolute Gasteiger partial charge is 0.465 e. The second kappa shape index (κ2) is 4.84. The zero-order chi connectivity index (χ0) is 11.5. The standard InChI is InChI=1S/C11H21NO3/c1-11(2,3)8-12(10(13)14)7-9-5-4-6-15-9/h9H,4-8H2,1-3H3,(H,13,14)/t9-/m1/s1. The normalized spacial score (nSPS) is 21.7. The topological polar surface area (TPSA) is 49.8 Å². The first-order valence-electron chi connectivity index (χ1n) is 5.48. The van der Waals surface area contributed by atoms with E-state index in [1.165, 1.54) is 4.90 Å². The molecule has 0 aromatic carbocycles. The third-order valence-corrected chi connectivity index (χ3v) is 2.38. The summed E-state index contributed by atoms with van der Waals surface area (Å²) in [5.74, 6) is 0. The van der Waals surface area contributed by atoms with Crippen molar-refractivity contribution in [3.8, 4) is 0 Å². The monoisotopic (exact) mass is 215 g/mol. The molecule has 0 aliphatic carbocycles. The van der Waals surface area contributed by atoms with Crippen LogP contribution in [0.3, 0.4) is 0 Å². The smallest absolute Gasteiger partial charge is 0.407 e. The van der Waals surface area contributed by atoms with Gasteiger partial charge in [0.1, 0.15) is 0 Å². The van der Waals surface area contributed by atoms with Crippen LogP contribution in [0.2, 0.25) is 0 Å². The number of carboxylic acid groups (broad SMARTS) is 1. The molecule has 1 fully saturated rings. The second-order valence-corrected chi connectivity index (χ2v) is 5.36. The summed E-state index contributed by atoms with van der Waals surface area (Å²) in [5.41, 5.74) is -0.00298. The van der Waals surface area contributed by atoms with Crippen molar-refractivity contribution in [1.82, 2.24) is 4.90 Å². The van der Waals surface area contributed by atoms with Gasteiger partial charge in [0.25, 0.3) is 0 Å². The van der Waals surface area contributed by atoms with Crippen LogP contribution >= 0.6 is 0 Å². The Balaban J connectivity index is 2.46. The number of carbonyl (C=O) groups is 1. The van der Waals surface area contributed by atoms with Gasteiger partial charge >= 0.3 is 6.09 Å². The van der Waals surface area contributed by atoms with E-state index in [4.69, 9.17) is 9.84 Å². The van der Waals surface area contributed by atoms with Gasteiger partial charge in [0.2, 0.25) is 0 Å². The Morgan fingerprint density at radius 3 is 2.60 bits per heavy atom. The van der Waals surface area contributed by atoms with Crippen molar-refractivity contribution in [2.24, 2.45) is 5.41 Å². The van der Waals surface area contributed by atoms with Crippen LogP contribution in [-0.4, -0.2) is 41.9 Å². The lowest BCUT2D eigenvalue weighted by atomic mass is 9.96. The van der Waals surface area contributed by atoms with Gasteiger partial charge in [-0.15, -0.1) is 0 Å². The van der Waals surface area contributed by atoms with Gasteiger partial charge in [0, 0.05) is 13.2 Å². The van der Waals surface area contributed by atoms with E-state index in [2.05, 4.69) is 0 Å². The maximum atomic E-state index is 11.0. The van der Waals surface area contributed by atoms with E-state index in [-0.39, 0.29) is 11.5 Å². The van der Waals surface area contributed by atoms with Crippen molar-refractivity contribution >= 4 is 6.09 Å². The summed E-state index contributed by atoms with van der Waals surface area (Å²) in [4.78, 5) is 12.5. The number of nitrogens with zero attached hydrogens (tertiary/aromatic N) is 1. The Morgan fingerprint density at radius 1 is 1.53 bits per heavy atom. The number of ether oxygens (including phenoxy) is 1. The highest BCUT2D eigenvalue weighted by molar-refractivity contribution is 5.65. The minimum absolute atomic E-state index is 0.00298. The first-order valence-corrected chi connectivity index (χ1v) is 5.48. The average molecular weight is 215 g/mol. The van der Waals surface area contributed by atoms with Crippen LogP contribution in [-0.2, 0) is 4.74 Å². The molecule has 1 saturated heterocycles. The summed E-state index contributed by atoms with van der Waals surface area (Å²) in [6.45, 7) is 7.96. The third kappa shape index (κ3) is 4.51. The molecule has 0 radical (unpaired) electrons. The highest BCUT2D eigenvalue weighted by Crippen LogP contribution is 2.18. The van der Waals surface area contributed by atoms with Crippen molar-refractivity contribution in [1.29, 1.82) is 0 Å². The summed E-state index contributed by atoms with van der Waals surface area (Å²) in [6.07, 6.45) is 1.28. The molecular formula is C11H21NO3. The first-order chi connectivity index (χ1) is 6.88. The summed E-state index contributed by atoms with van der Waals surface area (Å²) in [7, 11) is 0. The zero-order valence-corrected chi connectivity index (χ0v) is 9.82. The lowest BCUT2D eigenvalue weighted by molar-refractivity contribution is 0.0589. The summed E-state index contributed by atoms with van der Waals surface area (Å²) in [6, 6.07) is 0. The molecule has 0 saturated carbocycles. The van der Waals surface area contributed by atoms with E-state index < -0.39 is 6.09 Å². The molecule has 1 aliphatic rings. The van der Waals surface area contributed by atoms with Crippen molar-refractivity contribution in [2.45, 2.75) is 39.7 Å². The maximum absolute atomic E-state index is 11.0. The maximum Gasteiger partial charge on any atom is 0.407 e. The SMILES string of the molecule is CC(C)(C)CN(C[C@H]1CCCO1)C(=O)O. The Hall–Kier alpha value is -0.770. The van der Waals surface area contributed by atoms with Gasteiger partial charge < -0.3 is 14.7 Å². The molecule has 0 unspecified atom stereocenters. The van der Waals surface area contributed by atoms with E-state index in [1.54, 1.807) is 0 Å². The Morgan fingerprint density at radius 2 is 2.20 bits per heavy atom. The van der Waals surface area contributed by atoms with E-state index in [9.17, 15) is 4.79 Å². The molecule has 0 spiro atoms. The van der Waals surface area contributed by atoms with E-state index in [1.807, 2.05) is 20.8 Å². The molecule has 1 atom stereocenters. The lowest BCUT2D eigenvalue weighted by Gasteiger charge is -2.29. The van der Waals surface area contributed by atoms with Crippen molar-refractivity contribution < 1.29 is 14.6 Å². The van der Waals surface area contributed by atoms with Gasteiger partial charge in [-0.2, -0.15) is 0 Å². The first kappa shape index (κ1) is 12.3. The van der Waals surface area contributed by atoms with E-state index in [0.717, 1.165) is 19.4 Å². The highest BCUT2D eigenvalue weighted by Gasteiger charge is 2.25.